The molecule has 0 fully saturated rings. The summed E-state index contributed by atoms with van der Waals surface area (Å²) in [6.45, 7) is 0. The van der Waals surface area contributed by atoms with E-state index in [0.717, 1.165) is 0 Å². The van der Waals surface area contributed by atoms with Gasteiger partial charge in [-0.25, -0.2) is 4.39 Å². The molecule has 0 bridgehead atoms. The van der Waals surface area contributed by atoms with Crippen molar-refractivity contribution in [3.8, 4) is 0 Å². The summed E-state index contributed by atoms with van der Waals surface area (Å²) in [6.07, 6.45) is 1.56. The number of halogens is 2. The number of ketones is 1. The third kappa shape index (κ3) is 2.27. The molecule has 0 aliphatic heterocycles. The number of hydrogen-bond acceptors (Lipinski definition) is 2. The van der Waals surface area contributed by atoms with Crippen LogP contribution in [0, 0.1) is 9.39 Å². The van der Waals surface area contributed by atoms with Gasteiger partial charge < -0.3 is 0 Å². The molecule has 16 heavy (non-hydrogen) atoms. The van der Waals surface area contributed by atoms with E-state index in [0.29, 0.717) is 14.8 Å². The zero-order valence-corrected chi connectivity index (χ0v) is 10.3. The van der Waals surface area contributed by atoms with Gasteiger partial charge in [-0.2, -0.15) is 0 Å². The van der Waals surface area contributed by atoms with Gasteiger partial charge in [0.1, 0.15) is 11.5 Å². The van der Waals surface area contributed by atoms with Crippen LogP contribution in [0.15, 0.2) is 42.6 Å². The molecule has 0 saturated carbocycles. The minimum absolute atomic E-state index is 0.196. The van der Waals surface area contributed by atoms with Crippen LogP contribution in [0.1, 0.15) is 16.1 Å². The van der Waals surface area contributed by atoms with E-state index in [1.54, 1.807) is 24.4 Å². The van der Waals surface area contributed by atoms with Crippen LogP contribution in [0.3, 0.4) is 0 Å². The number of carbonyl (C=O) groups is 1. The summed E-state index contributed by atoms with van der Waals surface area (Å²) in [6, 6.07) is 9.40. The third-order valence-electron chi connectivity index (χ3n) is 2.08. The largest absolute Gasteiger partial charge is 0.287 e. The fraction of sp³-hybridized carbons (Fsp3) is 0. The zero-order valence-electron chi connectivity index (χ0n) is 8.15. The SMILES string of the molecule is O=C(c1ccc(F)c(I)c1)c1ccccn1. The summed E-state index contributed by atoms with van der Waals surface area (Å²) in [5.41, 5.74) is 0.814. The lowest BCUT2D eigenvalue weighted by molar-refractivity contribution is 0.103. The Balaban J connectivity index is 2.39. The number of aromatic nitrogens is 1. The van der Waals surface area contributed by atoms with Crippen LogP contribution < -0.4 is 0 Å². The smallest absolute Gasteiger partial charge is 0.211 e. The van der Waals surface area contributed by atoms with Crippen molar-refractivity contribution >= 4 is 28.4 Å². The molecule has 0 radical (unpaired) electrons. The summed E-state index contributed by atoms with van der Waals surface area (Å²) in [5.74, 6) is -0.517. The molecule has 2 nitrogen and oxygen atoms in total. The number of rotatable bonds is 2. The molecular weight excluding hydrogens is 320 g/mol. The van der Waals surface area contributed by atoms with Gasteiger partial charge >= 0.3 is 0 Å². The molecule has 2 aromatic rings. The molecule has 0 amide bonds. The van der Waals surface area contributed by atoms with Gasteiger partial charge in [0.05, 0.1) is 0 Å². The van der Waals surface area contributed by atoms with E-state index in [4.69, 9.17) is 0 Å². The van der Waals surface area contributed by atoms with Crippen LogP contribution in [-0.4, -0.2) is 10.8 Å². The molecule has 0 N–H and O–H groups in total. The van der Waals surface area contributed by atoms with Crippen LogP contribution >= 0.6 is 22.6 Å². The molecule has 2 rings (SSSR count). The quantitative estimate of drug-likeness (QED) is 0.627. The second-order valence-corrected chi connectivity index (χ2v) is 4.34. The highest BCUT2D eigenvalue weighted by atomic mass is 127. The normalized spacial score (nSPS) is 10.1. The van der Waals surface area contributed by atoms with Crippen molar-refractivity contribution < 1.29 is 9.18 Å². The second kappa shape index (κ2) is 4.69. The predicted octanol–water partition coefficient (Wildman–Crippen LogP) is 3.06. The molecule has 4 heteroatoms. The third-order valence-corrected chi connectivity index (χ3v) is 2.91. The molecule has 1 aromatic carbocycles. The standard InChI is InChI=1S/C12H7FINO/c13-9-5-4-8(7-10(9)14)12(16)11-3-1-2-6-15-11/h1-7H. The molecule has 0 aliphatic carbocycles. The van der Waals surface area contributed by atoms with Gasteiger partial charge in [0.25, 0.3) is 0 Å². The summed E-state index contributed by atoms with van der Waals surface area (Å²) in [5, 5.41) is 0. The molecular formula is C12H7FINO. The average molecular weight is 327 g/mol. The van der Waals surface area contributed by atoms with E-state index in [1.807, 2.05) is 22.6 Å². The number of hydrogen-bond donors (Lipinski definition) is 0. The first-order chi connectivity index (χ1) is 7.68. The van der Waals surface area contributed by atoms with Gasteiger partial charge in [-0.1, -0.05) is 6.07 Å². The van der Waals surface area contributed by atoms with Crippen molar-refractivity contribution in [1.82, 2.24) is 4.98 Å². The van der Waals surface area contributed by atoms with Crippen LogP contribution in [-0.2, 0) is 0 Å². The van der Waals surface area contributed by atoms with Gasteiger partial charge in [0, 0.05) is 15.3 Å². The monoisotopic (exact) mass is 327 g/mol. The molecule has 0 saturated heterocycles. The first kappa shape index (κ1) is 11.2. The Labute approximate surface area is 106 Å². The maximum atomic E-state index is 13.0. The Morgan fingerprint density at radius 2 is 2.06 bits per heavy atom. The molecule has 0 spiro atoms. The average Bonchev–Trinajstić information content (AvgIpc) is 2.33. The van der Waals surface area contributed by atoms with Gasteiger partial charge in [-0.3, -0.25) is 9.78 Å². The van der Waals surface area contributed by atoms with Crippen LogP contribution in [0.2, 0.25) is 0 Å². The fourth-order valence-electron chi connectivity index (χ4n) is 1.28. The van der Waals surface area contributed by atoms with E-state index in [9.17, 15) is 9.18 Å². The van der Waals surface area contributed by atoms with Crippen LogP contribution in [0.5, 0.6) is 0 Å². The van der Waals surface area contributed by atoms with Crippen molar-refractivity contribution in [2.75, 3.05) is 0 Å². The number of carbonyl (C=O) groups excluding carboxylic acids is 1. The first-order valence-corrected chi connectivity index (χ1v) is 5.67. The van der Waals surface area contributed by atoms with Crippen molar-refractivity contribution in [3.05, 3.63) is 63.2 Å². The lowest BCUT2D eigenvalue weighted by Crippen LogP contribution is -2.04. The summed E-state index contributed by atoms with van der Waals surface area (Å²) < 4.78 is 13.5. The molecule has 0 unspecified atom stereocenters. The van der Waals surface area contributed by atoms with Gasteiger partial charge in [0.15, 0.2) is 0 Å². The Morgan fingerprint density at radius 1 is 1.25 bits per heavy atom. The number of pyridine rings is 1. The summed E-state index contributed by atoms with van der Waals surface area (Å²) in [7, 11) is 0. The highest BCUT2D eigenvalue weighted by molar-refractivity contribution is 14.1. The Kier molecular flexibility index (Phi) is 3.28. The lowest BCUT2D eigenvalue weighted by atomic mass is 10.1. The maximum absolute atomic E-state index is 13.0. The number of benzene rings is 1. The highest BCUT2D eigenvalue weighted by Crippen LogP contribution is 2.15. The zero-order chi connectivity index (χ0) is 11.5. The van der Waals surface area contributed by atoms with Gasteiger partial charge in [0.2, 0.25) is 5.78 Å². The van der Waals surface area contributed by atoms with Crippen LogP contribution in [0.25, 0.3) is 0 Å². The highest BCUT2D eigenvalue weighted by Gasteiger charge is 2.11. The lowest BCUT2D eigenvalue weighted by Gasteiger charge is -2.01. The van der Waals surface area contributed by atoms with Gasteiger partial charge in [-0.15, -0.1) is 0 Å². The Bertz CT molecular complexity index is 528. The molecule has 1 heterocycles. The van der Waals surface area contributed by atoms with Gasteiger partial charge in [-0.05, 0) is 52.9 Å². The van der Waals surface area contributed by atoms with Crippen molar-refractivity contribution in [2.45, 2.75) is 0 Å². The fourth-order valence-corrected chi connectivity index (χ4v) is 1.80. The number of nitrogens with zero attached hydrogens (tertiary/aromatic N) is 1. The molecule has 0 aliphatic rings. The maximum Gasteiger partial charge on any atom is 0.211 e. The van der Waals surface area contributed by atoms with Crippen molar-refractivity contribution in [1.29, 1.82) is 0 Å². The first-order valence-electron chi connectivity index (χ1n) is 4.59. The predicted molar refractivity (Wildman–Crippen MR) is 66.8 cm³/mol. The van der Waals surface area contributed by atoms with E-state index in [1.165, 1.54) is 18.2 Å². The van der Waals surface area contributed by atoms with E-state index in [2.05, 4.69) is 4.98 Å². The van der Waals surface area contributed by atoms with Crippen molar-refractivity contribution in [2.24, 2.45) is 0 Å². The van der Waals surface area contributed by atoms with E-state index in [-0.39, 0.29) is 11.6 Å². The Morgan fingerprint density at radius 3 is 2.69 bits per heavy atom. The minimum atomic E-state index is -0.321. The second-order valence-electron chi connectivity index (χ2n) is 3.17. The molecule has 0 atom stereocenters. The van der Waals surface area contributed by atoms with E-state index < -0.39 is 0 Å². The summed E-state index contributed by atoms with van der Waals surface area (Å²) in [4.78, 5) is 15.9. The Hall–Kier alpha value is -1.30. The van der Waals surface area contributed by atoms with Crippen molar-refractivity contribution in [3.63, 3.8) is 0 Å². The molecule has 80 valence electrons. The minimum Gasteiger partial charge on any atom is -0.287 e. The van der Waals surface area contributed by atoms with Crippen LogP contribution in [0.4, 0.5) is 4.39 Å². The molecule has 1 aromatic heterocycles. The topological polar surface area (TPSA) is 30.0 Å². The summed E-state index contributed by atoms with van der Waals surface area (Å²) >= 11 is 1.86. The van der Waals surface area contributed by atoms with E-state index >= 15 is 0 Å².